The fourth-order valence-corrected chi connectivity index (χ4v) is 2.42. The van der Waals surface area contributed by atoms with Crippen LogP contribution in [0.4, 0.5) is 10.6 Å². The summed E-state index contributed by atoms with van der Waals surface area (Å²) in [6.07, 6.45) is 1.73. The number of nitrogens with zero attached hydrogens (tertiary/aromatic N) is 1. The zero-order valence-corrected chi connectivity index (χ0v) is 12.1. The summed E-state index contributed by atoms with van der Waals surface area (Å²) >= 11 is 1.64. The van der Waals surface area contributed by atoms with Crippen LogP contribution in [0.15, 0.2) is 41.9 Å². The molecule has 0 unspecified atom stereocenters. The molecule has 0 aliphatic heterocycles. The molecule has 5 nitrogen and oxygen atoms in total. The van der Waals surface area contributed by atoms with Gasteiger partial charge in [0.2, 0.25) is 0 Å². The molecule has 106 valence electrons. The van der Waals surface area contributed by atoms with Gasteiger partial charge in [0.25, 0.3) is 0 Å². The monoisotopic (exact) mass is 290 g/mol. The summed E-state index contributed by atoms with van der Waals surface area (Å²) in [5, 5.41) is 10.8. The molecule has 0 aliphatic carbocycles. The third-order valence-electron chi connectivity index (χ3n) is 2.70. The summed E-state index contributed by atoms with van der Waals surface area (Å²) in [4.78, 5) is 17.0. The fourth-order valence-electron chi connectivity index (χ4n) is 1.69. The van der Waals surface area contributed by atoms with Crippen LogP contribution < -0.4 is 16.0 Å². The minimum absolute atomic E-state index is 0.0266. The van der Waals surface area contributed by atoms with Crippen LogP contribution in [-0.4, -0.2) is 24.1 Å². The zero-order chi connectivity index (χ0) is 14.2. The lowest BCUT2D eigenvalue weighted by atomic mass is 10.3. The second kappa shape index (κ2) is 7.49. The van der Waals surface area contributed by atoms with Gasteiger partial charge in [0.15, 0.2) is 0 Å². The smallest absolute Gasteiger partial charge is 0.315 e. The molecule has 0 saturated heterocycles. The molecule has 2 aromatic heterocycles. The number of nitrogens with one attached hydrogen (secondary N) is 3. The van der Waals surface area contributed by atoms with E-state index >= 15 is 0 Å². The van der Waals surface area contributed by atoms with Crippen molar-refractivity contribution in [1.82, 2.24) is 15.6 Å². The minimum atomic E-state index is -0.159. The number of aromatic nitrogens is 1. The largest absolute Gasteiger partial charge is 0.368 e. The van der Waals surface area contributed by atoms with Crippen LogP contribution in [0.1, 0.15) is 17.8 Å². The lowest BCUT2D eigenvalue weighted by Gasteiger charge is -2.13. The maximum Gasteiger partial charge on any atom is 0.315 e. The molecule has 0 aromatic carbocycles. The highest BCUT2D eigenvalue weighted by Gasteiger charge is 2.09. The highest BCUT2D eigenvalue weighted by atomic mass is 32.1. The van der Waals surface area contributed by atoms with Crippen LogP contribution in [0.25, 0.3) is 0 Å². The summed E-state index contributed by atoms with van der Waals surface area (Å²) < 4.78 is 0. The predicted octanol–water partition coefficient (Wildman–Crippen LogP) is 2.62. The summed E-state index contributed by atoms with van der Waals surface area (Å²) in [7, 11) is 0. The van der Waals surface area contributed by atoms with E-state index in [1.807, 2.05) is 42.6 Å². The van der Waals surface area contributed by atoms with E-state index in [-0.39, 0.29) is 12.1 Å². The molecule has 0 aliphatic rings. The van der Waals surface area contributed by atoms with Crippen molar-refractivity contribution in [3.63, 3.8) is 0 Å². The van der Waals surface area contributed by atoms with Gasteiger partial charge in [-0.25, -0.2) is 9.78 Å². The SMILES string of the molecule is C[C@H](NC(=O)NCCNc1ccccn1)c1cccs1. The molecule has 2 rings (SSSR count). The number of carbonyl (C=O) groups is 1. The van der Waals surface area contributed by atoms with E-state index in [0.29, 0.717) is 13.1 Å². The summed E-state index contributed by atoms with van der Waals surface area (Å²) in [6.45, 7) is 3.15. The second-order valence-corrected chi connectivity index (χ2v) is 5.26. The maximum atomic E-state index is 11.7. The number of pyridine rings is 1. The van der Waals surface area contributed by atoms with Gasteiger partial charge in [-0.15, -0.1) is 11.3 Å². The number of thiophene rings is 1. The molecule has 2 heterocycles. The van der Waals surface area contributed by atoms with Gasteiger partial charge in [0.1, 0.15) is 5.82 Å². The van der Waals surface area contributed by atoms with E-state index in [1.54, 1.807) is 17.5 Å². The van der Waals surface area contributed by atoms with Crippen LogP contribution in [-0.2, 0) is 0 Å². The van der Waals surface area contributed by atoms with Crippen LogP contribution in [0.2, 0.25) is 0 Å². The Labute approximate surface area is 122 Å². The van der Waals surface area contributed by atoms with Crippen molar-refractivity contribution in [1.29, 1.82) is 0 Å². The Kier molecular flexibility index (Phi) is 5.37. The van der Waals surface area contributed by atoms with Crippen LogP contribution in [0.5, 0.6) is 0 Å². The molecule has 0 saturated carbocycles. The van der Waals surface area contributed by atoms with E-state index in [9.17, 15) is 4.79 Å². The van der Waals surface area contributed by atoms with E-state index in [0.717, 1.165) is 10.7 Å². The standard InChI is InChI=1S/C14H18N4OS/c1-11(12-5-4-10-20-12)18-14(19)17-9-8-16-13-6-2-3-7-15-13/h2-7,10-11H,8-9H2,1H3,(H,15,16)(H2,17,18,19)/t11-/m0/s1. The molecule has 6 heteroatoms. The van der Waals surface area contributed by atoms with Crippen molar-refractivity contribution in [2.45, 2.75) is 13.0 Å². The van der Waals surface area contributed by atoms with Gasteiger partial charge in [-0.05, 0) is 30.5 Å². The lowest BCUT2D eigenvalue weighted by Crippen LogP contribution is -2.39. The van der Waals surface area contributed by atoms with E-state index in [2.05, 4.69) is 20.9 Å². The molecule has 2 aromatic rings. The minimum Gasteiger partial charge on any atom is -0.368 e. The number of hydrogen-bond donors (Lipinski definition) is 3. The Morgan fingerprint density at radius 2 is 2.20 bits per heavy atom. The molecule has 0 spiro atoms. The fraction of sp³-hybridized carbons (Fsp3) is 0.286. The van der Waals surface area contributed by atoms with Crippen molar-refractivity contribution in [3.05, 3.63) is 46.8 Å². The summed E-state index contributed by atoms with van der Waals surface area (Å²) in [6, 6.07) is 9.53. The highest BCUT2D eigenvalue weighted by Crippen LogP contribution is 2.17. The molecule has 20 heavy (non-hydrogen) atoms. The van der Waals surface area contributed by atoms with Gasteiger partial charge < -0.3 is 16.0 Å². The van der Waals surface area contributed by atoms with Gasteiger partial charge in [0, 0.05) is 24.2 Å². The first-order valence-electron chi connectivity index (χ1n) is 6.48. The van der Waals surface area contributed by atoms with Gasteiger partial charge in [0.05, 0.1) is 6.04 Å². The Balaban J connectivity index is 1.63. The molecule has 0 radical (unpaired) electrons. The second-order valence-electron chi connectivity index (χ2n) is 4.28. The van der Waals surface area contributed by atoms with Crippen LogP contribution in [0.3, 0.4) is 0 Å². The van der Waals surface area contributed by atoms with Crippen molar-refractivity contribution in [3.8, 4) is 0 Å². The van der Waals surface area contributed by atoms with Crippen molar-refractivity contribution >= 4 is 23.2 Å². The molecule has 1 atom stereocenters. The Morgan fingerprint density at radius 3 is 2.90 bits per heavy atom. The average molecular weight is 290 g/mol. The molecular weight excluding hydrogens is 272 g/mol. The van der Waals surface area contributed by atoms with Crippen molar-refractivity contribution in [2.75, 3.05) is 18.4 Å². The molecule has 3 N–H and O–H groups in total. The number of hydrogen-bond acceptors (Lipinski definition) is 4. The third-order valence-corrected chi connectivity index (χ3v) is 3.75. The Bertz CT molecular complexity index is 515. The molecular formula is C14H18N4OS. The number of amides is 2. The Hall–Kier alpha value is -2.08. The quantitative estimate of drug-likeness (QED) is 0.716. The van der Waals surface area contributed by atoms with Crippen molar-refractivity contribution < 1.29 is 4.79 Å². The summed E-state index contributed by atoms with van der Waals surface area (Å²) in [5.74, 6) is 0.807. The molecule has 2 amide bonds. The van der Waals surface area contributed by atoms with Gasteiger partial charge in [-0.1, -0.05) is 12.1 Å². The number of carbonyl (C=O) groups excluding carboxylic acids is 1. The van der Waals surface area contributed by atoms with Gasteiger partial charge in [-0.2, -0.15) is 0 Å². The number of rotatable bonds is 6. The first-order chi connectivity index (χ1) is 9.75. The first-order valence-corrected chi connectivity index (χ1v) is 7.36. The number of anilines is 1. The molecule has 0 bridgehead atoms. The van der Waals surface area contributed by atoms with E-state index < -0.39 is 0 Å². The lowest BCUT2D eigenvalue weighted by molar-refractivity contribution is 0.238. The third kappa shape index (κ3) is 4.55. The maximum absolute atomic E-state index is 11.7. The zero-order valence-electron chi connectivity index (χ0n) is 11.3. The predicted molar refractivity (Wildman–Crippen MR) is 82.0 cm³/mol. The molecule has 0 fully saturated rings. The highest BCUT2D eigenvalue weighted by molar-refractivity contribution is 7.10. The van der Waals surface area contributed by atoms with Crippen LogP contribution >= 0.6 is 11.3 Å². The van der Waals surface area contributed by atoms with Crippen molar-refractivity contribution in [2.24, 2.45) is 0 Å². The normalized spacial score (nSPS) is 11.7. The summed E-state index contributed by atoms with van der Waals surface area (Å²) in [5.41, 5.74) is 0. The Morgan fingerprint density at radius 1 is 1.30 bits per heavy atom. The van der Waals surface area contributed by atoms with E-state index in [1.165, 1.54) is 0 Å². The van der Waals surface area contributed by atoms with Gasteiger partial charge in [-0.3, -0.25) is 0 Å². The number of urea groups is 1. The van der Waals surface area contributed by atoms with Crippen LogP contribution in [0, 0.1) is 0 Å². The first kappa shape index (κ1) is 14.3. The van der Waals surface area contributed by atoms with Gasteiger partial charge >= 0.3 is 6.03 Å². The van der Waals surface area contributed by atoms with E-state index in [4.69, 9.17) is 0 Å². The average Bonchev–Trinajstić information content (AvgIpc) is 2.99. The topological polar surface area (TPSA) is 66.1 Å².